The van der Waals surface area contributed by atoms with Crippen LogP contribution in [0.15, 0.2) is 18.2 Å². The summed E-state index contributed by atoms with van der Waals surface area (Å²) in [6.07, 6.45) is 0. The third-order valence-electron chi connectivity index (χ3n) is 1.96. The molecule has 17 heavy (non-hydrogen) atoms. The van der Waals surface area contributed by atoms with Crippen molar-refractivity contribution in [3.63, 3.8) is 0 Å². The molecule has 0 amide bonds. The molecule has 0 saturated heterocycles. The molecule has 3 nitrogen and oxygen atoms in total. The van der Waals surface area contributed by atoms with E-state index in [4.69, 9.17) is 23.2 Å². The van der Waals surface area contributed by atoms with E-state index in [0.29, 0.717) is 0 Å². The van der Waals surface area contributed by atoms with Crippen LogP contribution in [0.4, 0.5) is 10.1 Å². The van der Waals surface area contributed by atoms with Gasteiger partial charge in [0.15, 0.2) is 0 Å². The molecule has 1 atom stereocenters. The molecule has 1 aromatic rings. The number of alkyl halides is 1. The Morgan fingerprint density at radius 1 is 1.47 bits per heavy atom. The highest BCUT2D eigenvalue weighted by Gasteiger charge is 2.15. The number of nitrogens with one attached hydrogen (secondary N) is 1. The van der Waals surface area contributed by atoms with Crippen LogP contribution in [0.1, 0.15) is 6.92 Å². The fraction of sp³-hybridized carbons (Fsp3) is 0.400. The molecule has 0 spiro atoms. The minimum atomic E-state index is -3.49. The lowest BCUT2D eigenvalue weighted by Crippen LogP contribution is -2.22. The second kappa shape index (κ2) is 5.89. The number of rotatable bonds is 5. The zero-order chi connectivity index (χ0) is 13.1. The lowest BCUT2D eigenvalue weighted by molar-refractivity contribution is 0.588. The van der Waals surface area contributed by atoms with Crippen molar-refractivity contribution in [2.75, 3.05) is 16.4 Å². The molecule has 0 saturated carbocycles. The van der Waals surface area contributed by atoms with Gasteiger partial charge in [-0.1, -0.05) is 18.5 Å². The van der Waals surface area contributed by atoms with Crippen LogP contribution in [0.25, 0.3) is 0 Å². The Hall–Kier alpha value is -0.520. The molecule has 0 radical (unpaired) electrons. The maximum atomic E-state index is 12.9. The van der Waals surface area contributed by atoms with Crippen molar-refractivity contribution in [1.29, 1.82) is 0 Å². The standard InChI is InChI=1S/C10H12Cl2FNO2S/c1-7(5-11)6-17(15,16)14-8-2-3-10(13)9(12)4-8/h2-4,7,14H,5-6H2,1H3. The monoisotopic (exact) mass is 299 g/mol. The molecule has 0 heterocycles. The molecular weight excluding hydrogens is 288 g/mol. The highest BCUT2D eigenvalue weighted by molar-refractivity contribution is 7.92. The largest absolute Gasteiger partial charge is 0.283 e. The molecule has 0 fully saturated rings. The van der Waals surface area contributed by atoms with Crippen LogP contribution in [0, 0.1) is 11.7 Å². The van der Waals surface area contributed by atoms with E-state index in [1.165, 1.54) is 12.1 Å². The minimum Gasteiger partial charge on any atom is -0.283 e. The van der Waals surface area contributed by atoms with E-state index >= 15 is 0 Å². The highest BCUT2D eigenvalue weighted by atomic mass is 35.5. The number of hydrogen-bond acceptors (Lipinski definition) is 2. The first-order chi connectivity index (χ1) is 7.84. The minimum absolute atomic E-state index is 0.0918. The van der Waals surface area contributed by atoms with E-state index in [1.807, 2.05) is 0 Å². The Balaban J connectivity index is 2.80. The summed E-state index contributed by atoms with van der Waals surface area (Å²) in [5, 5.41) is -0.129. The van der Waals surface area contributed by atoms with Crippen LogP contribution in [-0.4, -0.2) is 20.1 Å². The van der Waals surface area contributed by atoms with Crippen molar-refractivity contribution < 1.29 is 12.8 Å². The van der Waals surface area contributed by atoms with E-state index in [-0.39, 0.29) is 28.3 Å². The zero-order valence-electron chi connectivity index (χ0n) is 9.08. The van der Waals surface area contributed by atoms with Crippen molar-refractivity contribution in [1.82, 2.24) is 0 Å². The molecule has 0 aliphatic heterocycles. The van der Waals surface area contributed by atoms with E-state index in [0.717, 1.165) is 6.07 Å². The van der Waals surface area contributed by atoms with Crippen LogP contribution < -0.4 is 4.72 Å². The summed E-state index contributed by atoms with van der Waals surface area (Å²) < 4.78 is 38.5. The van der Waals surface area contributed by atoms with Gasteiger partial charge in [0.1, 0.15) is 5.82 Å². The first-order valence-corrected chi connectivity index (χ1v) is 7.42. The van der Waals surface area contributed by atoms with Crippen LogP contribution in [0.3, 0.4) is 0 Å². The van der Waals surface area contributed by atoms with Gasteiger partial charge >= 0.3 is 0 Å². The van der Waals surface area contributed by atoms with E-state index in [2.05, 4.69) is 4.72 Å². The van der Waals surface area contributed by atoms with Gasteiger partial charge in [0.05, 0.1) is 16.5 Å². The molecule has 1 unspecified atom stereocenters. The van der Waals surface area contributed by atoms with Crippen molar-refractivity contribution in [2.45, 2.75) is 6.92 Å². The molecule has 1 rings (SSSR count). The third-order valence-corrected chi connectivity index (χ3v) is 4.33. The summed E-state index contributed by atoms with van der Waals surface area (Å²) in [6, 6.07) is 3.63. The maximum Gasteiger partial charge on any atom is 0.233 e. The highest BCUT2D eigenvalue weighted by Crippen LogP contribution is 2.20. The van der Waals surface area contributed by atoms with Crippen molar-refractivity contribution >= 4 is 38.9 Å². The van der Waals surface area contributed by atoms with Crippen molar-refractivity contribution in [3.8, 4) is 0 Å². The van der Waals surface area contributed by atoms with Gasteiger partial charge in [0.2, 0.25) is 10.0 Å². The van der Waals surface area contributed by atoms with Gasteiger partial charge in [-0.3, -0.25) is 4.72 Å². The van der Waals surface area contributed by atoms with Crippen LogP contribution in [0.5, 0.6) is 0 Å². The second-order valence-electron chi connectivity index (χ2n) is 3.77. The fourth-order valence-electron chi connectivity index (χ4n) is 1.20. The molecule has 1 aromatic carbocycles. The number of halogens is 3. The molecule has 0 aliphatic carbocycles. The van der Waals surface area contributed by atoms with Crippen molar-refractivity contribution in [2.24, 2.45) is 5.92 Å². The summed E-state index contributed by atoms with van der Waals surface area (Å²) >= 11 is 11.1. The number of sulfonamides is 1. The average molecular weight is 300 g/mol. The Bertz CT molecular complexity index is 493. The van der Waals surface area contributed by atoms with Crippen molar-refractivity contribution in [3.05, 3.63) is 29.0 Å². The predicted octanol–water partition coefficient (Wildman–Crippen LogP) is 3.10. The molecule has 96 valence electrons. The summed E-state index contributed by atoms with van der Waals surface area (Å²) in [5.74, 6) is -0.592. The Kier molecular flexibility index (Phi) is 5.04. The summed E-state index contributed by atoms with van der Waals surface area (Å²) in [7, 11) is -3.49. The Morgan fingerprint density at radius 2 is 2.12 bits per heavy atom. The molecule has 0 aromatic heterocycles. The predicted molar refractivity (Wildman–Crippen MR) is 68.7 cm³/mol. The molecule has 7 heteroatoms. The van der Waals surface area contributed by atoms with Gasteiger partial charge in [-0.15, -0.1) is 11.6 Å². The van der Waals surface area contributed by atoms with E-state index in [1.54, 1.807) is 6.92 Å². The van der Waals surface area contributed by atoms with Gasteiger partial charge in [-0.05, 0) is 24.1 Å². The van der Waals surface area contributed by atoms with Crippen LogP contribution in [-0.2, 0) is 10.0 Å². The van der Waals surface area contributed by atoms with Crippen LogP contribution >= 0.6 is 23.2 Å². The van der Waals surface area contributed by atoms with E-state index in [9.17, 15) is 12.8 Å². The topological polar surface area (TPSA) is 46.2 Å². The molecular formula is C10H12Cl2FNO2S. The fourth-order valence-corrected chi connectivity index (χ4v) is 3.06. The van der Waals surface area contributed by atoms with Gasteiger partial charge in [-0.25, -0.2) is 12.8 Å². The molecule has 0 aliphatic rings. The third kappa shape index (κ3) is 4.69. The lowest BCUT2D eigenvalue weighted by Gasteiger charge is -2.11. The summed E-state index contributed by atoms with van der Waals surface area (Å²) in [6.45, 7) is 1.73. The SMILES string of the molecule is CC(CCl)CS(=O)(=O)Nc1ccc(F)c(Cl)c1. The number of hydrogen-bond donors (Lipinski definition) is 1. The summed E-state index contributed by atoms with van der Waals surface area (Å²) in [4.78, 5) is 0. The average Bonchev–Trinajstić information content (AvgIpc) is 2.22. The normalized spacial score (nSPS) is 13.4. The first kappa shape index (κ1) is 14.5. The second-order valence-corrected chi connectivity index (χ2v) is 6.25. The van der Waals surface area contributed by atoms with Gasteiger partial charge < -0.3 is 0 Å². The zero-order valence-corrected chi connectivity index (χ0v) is 11.4. The van der Waals surface area contributed by atoms with Gasteiger partial charge in [0.25, 0.3) is 0 Å². The maximum absolute atomic E-state index is 12.9. The quantitative estimate of drug-likeness (QED) is 0.849. The van der Waals surface area contributed by atoms with E-state index < -0.39 is 15.8 Å². The van der Waals surface area contributed by atoms with Crippen LogP contribution in [0.2, 0.25) is 5.02 Å². The first-order valence-electron chi connectivity index (χ1n) is 4.85. The van der Waals surface area contributed by atoms with Gasteiger partial charge in [0, 0.05) is 5.88 Å². The number of benzene rings is 1. The molecule has 0 bridgehead atoms. The smallest absolute Gasteiger partial charge is 0.233 e. The lowest BCUT2D eigenvalue weighted by atomic mass is 10.3. The number of anilines is 1. The Labute approximate surface area is 110 Å². The Morgan fingerprint density at radius 3 is 2.65 bits per heavy atom. The van der Waals surface area contributed by atoms with Gasteiger partial charge in [-0.2, -0.15) is 0 Å². The summed E-state index contributed by atoms with van der Waals surface area (Å²) in [5.41, 5.74) is 0.234. The molecule has 1 N–H and O–H groups in total.